The maximum Gasteiger partial charge on any atom is 0.133 e. The molecule has 0 aromatic carbocycles. The van der Waals surface area contributed by atoms with Crippen molar-refractivity contribution >= 4 is 5.82 Å². The zero-order valence-corrected chi connectivity index (χ0v) is 11.6. The minimum atomic E-state index is 0.354. The van der Waals surface area contributed by atoms with Crippen molar-refractivity contribution in [3.8, 4) is 0 Å². The second-order valence-electron chi connectivity index (χ2n) is 4.92. The highest BCUT2D eigenvalue weighted by Crippen LogP contribution is 2.18. The van der Waals surface area contributed by atoms with E-state index in [1.165, 1.54) is 0 Å². The normalized spacial score (nSPS) is 12.9. The third kappa shape index (κ3) is 3.66. The van der Waals surface area contributed by atoms with E-state index in [9.17, 15) is 0 Å². The molecule has 0 amide bonds. The van der Waals surface area contributed by atoms with E-state index in [2.05, 4.69) is 42.7 Å². The first-order valence-corrected chi connectivity index (χ1v) is 6.24. The molecule has 1 unspecified atom stereocenters. The van der Waals surface area contributed by atoms with Crippen molar-refractivity contribution in [2.24, 2.45) is 5.73 Å². The molecule has 0 aliphatic rings. The molecule has 0 aliphatic heterocycles. The number of anilines is 1. The number of rotatable bonds is 5. The molecule has 1 aromatic rings. The molecule has 0 fully saturated rings. The first-order chi connectivity index (χ1) is 7.95. The number of nitrogens with zero attached hydrogens (tertiary/aromatic N) is 3. The summed E-state index contributed by atoms with van der Waals surface area (Å²) in [5.74, 6) is 2.25. The highest BCUT2D eigenvalue weighted by molar-refractivity contribution is 5.40. The fourth-order valence-electron chi connectivity index (χ4n) is 1.67. The van der Waals surface area contributed by atoms with E-state index in [0.717, 1.165) is 23.8 Å². The quantitative estimate of drug-likeness (QED) is 0.850. The molecule has 0 aliphatic carbocycles. The van der Waals surface area contributed by atoms with Gasteiger partial charge < -0.3 is 10.6 Å². The Morgan fingerprint density at radius 1 is 1.29 bits per heavy atom. The third-order valence-corrected chi connectivity index (χ3v) is 2.98. The van der Waals surface area contributed by atoms with Crippen molar-refractivity contribution in [1.82, 2.24) is 9.97 Å². The molecule has 4 nitrogen and oxygen atoms in total. The summed E-state index contributed by atoms with van der Waals surface area (Å²) < 4.78 is 0. The molecule has 1 atom stereocenters. The summed E-state index contributed by atoms with van der Waals surface area (Å²) in [5, 5.41) is 0. The second-order valence-corrected chi connectivity index (χ2v) is 4.92. The van der Waals surface area contributed by atoms with Crippen LogP contribution >= 0.6 is 0 Å². The zero-order valence-electron chi connectivity index (χ0n) is 11.6. The predicted molar refractivity (Wildman–Crippen MR) is 72.4 cm³/mol. The van der Waals surface area contributed by atoms with E-state index >= 15 is 0 Å². The molecule has 1 rings (SSSR count). The lowest BCUT2D eigenvalue weighted by Gasteiger charge is -2.26. The summed E-state index contributed by atoms with van der Waals surface area (Å²) in [5.41, 5.74) is 6.61. The van der Waals surface area contributed by atoms with Gasteiger partial charge in [0.1, 0.15) is 11.6 Å². The Morgan fingerprint density at radius 3 is 2.47 bits per heavy atom. The van der Waals surface area contributed by atoms with Crippen molar-refractivity contribution < 1.29 is 0 Å². The highest BCUT2D eigenvalue weighted by Gasteiger charge is 2.13. The molecule has 2 N–H and O–H groups in total. The summed E-state index contributed by atoms with van der Waals surface area (Å²) in [4.78, 5) is 11.2. The van der Waals surface area contributed by atoms with Gasteiger partial charge in [0.25, 0.3) is 0 Å². The molecule has 0 saturated carbocycles. The fourth-order valence-corrected chi connectivity index (χ4v) is 1.67. The minimum absolute atomic E-state index is 0.354. The van der Waals surface area contributed by atoms with Crippen LogP contribution in [0.25, 0.3) is 0 Å². The van der Waals surface area contributed by atoms with Crippen LogP contribution in [-0.2, 0) is 0 Å². The average molecular weight is 236 g/mol. The van der Waals surface area contributed by atoms with Crippen molar-refractivity contribution in [1.29, 1.82) is 0 Å². The van der Waals surface area contributed by atoms with Gasteiger partial charge in [-0.25, -0.2) is 9.97 Å². The van der Waals surface area contributed by atoms with E-state index in [1.54, 1.807) is 0 Å². The Labute approximate surface area is 104 Å². The van der Waals surface area contributed by atoms with Crippen LogP contribution in [0.4, 0.5) is 5.82 Å². The SMILES string of the molecule is Cc1cc(N(C)C(C)CCN)nc(C(C)C)n1. The molecular weight excluding hydrogens is 212 g/mol. The molecule has 17 heavy (non-hydrogen) atoms. The second kappa shape index (κ2) is 5.96. The van der Waals surface area contributed by atoms with E-state index in [0.29, 0.717) is 18.5 Å². The van der Waals surface area contributed by atoms with Crippen LogP contribution in [0, 0.1) is 6.92 Å². The molecule has 96 valence electrons. The number of nitrogens with two attached hydrogens (primary N) is 1. The van der Waals surface area contributed by atoms with Crippen LogP contribution < -0.4 is 10.6 Å². The van der Waals surface area contributed by atoms with Gasteiger partial charge in [0, 0.05) is 30.8 Å². The molecular formula is C13H24N4. The van der Waals surface area contributed by atoms with Gasteiger partial charge in [-0.3, -0.25) is 0 Å². The minimum Gasteiger partial charge on any atom is -0.357 e. The van der Waals surface area contributed by atoms with Crippen LogP contribution in [0.5, 0.6) is 0 Å². The third-order valence-electron chi connectivity index (χ3n) is 2.98. The van der Waals surface area contributed by atoms with Gasteiger partial charge in [-0.05, 0) is 26.8 Å². The molecule has 0 saturated heterocycles. The standard InChI is InChI=1S/C13H24N4/c1-9(2)13-15-10(3)8-12(16-13)17(5)11(4)6-7-14/h8-9,11H,6-7,14H2,1-5H3. The Hall–Kier alpha value is -1.16. The van der Waals surface area contributed by atoms with E-state index in [-0.39, 0.29) is 0 Å². The molecule has 1 heterocycles. The lowest BCUT2D eigenvalue weighted by molar-refractivity contribution is 0.624. The lowest BCUT2D eigenvalue weighted by atomic mass is 10.2. The van der Waals surface area contributed by atoms with Crippen molar-refractivity contribution in [3.63, 3.8) is 0 Å². The summed E-state index contributed by atoms with van der Waals surface area (Å²) in [6, 6.07) is 2.42. The number of hydrogen-bond donors (Lipinski definition) is 1. The smallest absolute Gasteiger partial charge is 0.133 e. The van der Waals surface area contributed by atoms with E-state index in [1.807, 2.05) is 13.0 Å². The van der Waals surface area contributed by atoms with Crippen molar-refractivity contribution in [3.05, 3.63) is 17.6 Å². The first kappa shape index (κ1) is 13.9. The Bertz CT molecular complexity index is 362. The topological polar surface area (TPSA) is 55.0 Å². The largest absolute Gasteiger partial charge is 0.357 e. The Balaban J connectivity index is 2.96. The molecule has 0 radical (unpaired) electrons. The monoisotopic (exact) mass is 236 g/mol. The number of hydrogen-bond acceptors (Lipinski definition) is 4. The van der Waals surface area contributed by atoms with Gasteiger partial charge in [-0.2, -0.15) is 0 Å². The fraction of sp³-hybridized carbons (Fsp3) is 0.692. The van der Waals surface area contributed by atoms with Crippen molar-refractivity contribution in [2.75, 3.05) is 18.5 Å². The summed E-state index contributed by atoms with van der Waals surface area (Å²) in [7, 11) is 2.06. The van der Waals surface area contributed by atoms with Gasteiger partial charge in [0.2, 0.25) is 0 Å². The van der Waals surface area contributed by atoms with Crippen LogP contribution in [0.1, 0.15) is 44.6 Å². The van der Waals surface area contributed by atoms with E-state index < -0.39 is 0 Å². The number of aromatic nitrogens is 2. The van der Waals surface area contributed by atoms with Crippen LogP contribution in [0.15, 0.2) is 6.07 Å². The maximum absolute atomic E-state index is 5.59. The summed E-state index contributed by atoms with van der Waals surface area (Å²) >= 11 is 0. The van der Waals surface area contributed by atoms with Gasteiger partial charge in [0.05, 0.1) is 0 Å². The highest BCUT2D eigenvalue weighted by atomic mass is 15.2. The van der Waals surface area contributed by atoms with Gasteiger partial charge in [0.15, 0.2) is 0 Å². The molecule has 0 spiro atoms. The lowest BCUT2D eigenvalue weighted by Crippen LogP contribution is -2.32. The van der Waals surface area contributed by atoms with Gasteiger partial charge >= 0.3 is 0 Å². The Morgan fingerprint density at radius 2 is 1.94 bits per heavy atom. The summed E-state index contributed by atoms with van der Waals surface area (Å²) in [6.07, 6.45) is 0.969. The van der Waals surface area contributed by atoms with Crippen LogP contribution in [-0.4, -0.2) is 29.6 Å². The predicted octanol–water partition coefficient (Wildman–Crippen LogP) is 2.08. The molecule has 4 heteroatoms. The first-order valence-electron chi connectivity index (χ1n) is 6.24. The maximum atomic E-state index is 5.59. The molecule has 0 bridgehead atoms. The zero-order chi connectivity index (χ0) is 13.0. The number of aryl methyl sites for hydroxylation is 1. The van der Waals surface area contributed by atoms with Crippen molar-refractivity contribution in [2.45, 2.75) is 46.1 Å². The van der Waals surface area contributed by atoms with Crippen LogP contribution in [0.3, 0.4) is 0 Å². The van der Waals surface area contributed by atoms with Gasteiger partial charge in [-0.1, -0.05) is 13.8 Å². The average Bonchev–Trinajstić information content (AvgIpc) is 2.27. The Kier molecular flexibility index (Phi) is 4.87. The van der Waals surface area contributed by atoms with Gasteiger partial charge in [-0.15, -0.1) is 0 Å². The van der Waals surface area contributed by atoms with Crippen LogP contribution in [0.2, 0.25) is 0 Å². The van der Waals surface area contributed by atoms with E-state index in [4.69, 9.17) is 5.73 Å². The molecule has 1 aromatic heterocycles. The summed E-state index contributed by atoms with van der Waals surface area (Å²) in [6.45, 7) is 9.11.